The molecule has 2 heteroatoms. The van der Waals surface area contributed by atoms with Crippen molar-refractivity contribution >= 4 is 26.4 Å². The van der Waals surface area contributed by atoms with Crippen LogP contribution < -0.4 is 0 Å². The van der Waals surface area contributed by atoms with Crippen molar-refractivity contribution in [2.24, 2.45) is 0 Å². The van der Waals surface area contributed by atoms with Crippen molar-refractivity contribution in [1.29, 1.82) is 0 Å². The second kappa shape index (κ2) is 3.55. The maximum absolute atomic E-state index is 10.5. The number of rotatable bonds is 2. The van der Waals surface area contributed by atoms with Gasteiger partial charge in [0.15, 0.2) is 0 Å². The molecule has 0 aliphatic heterocycles. The van der Waals surface area contributed by atoms with E-state index in [0.717, 1.165) is 0 Å². The van der Waals surface area contributed by atoms with Crippen LogP contribution in [0.2, 0.25) is 0 Å². The second-order valence-corrected chi connectivity index (χ2v) is 4.01. The van der Waals surface area contributed by atoms with Gasteiger partial charge >= 0.3 is 65.7 Å². The molecule has 1 heterocycles. The van der Waals surface area contributed by atoms with Crippen molar-refractivity contribution < 1.29 is 4.79 Å². The van der Waals surface area contributed by atoms with Crippen molar-refractivity contribution in [3.63, 3.8) is 0 Å². The molecule has 0 saturated heterocycles. The summed E-state index contributed by atoms with van der Waals surface area (Å²) in [6.45, 7) is 1.56. The van der Waals surface area contributed by atoms with Crippen molar-refractivity contribution in [1.82, 2.24) is 0 Å². The third-order valence-corrected chi connectivity index (χ3v) is 2.78. The third kappa shape index (κ3) is 2.34. The van der Waals surface area contributed by atoms with E-state index in [9.17, 15) is 4.79 Å². The minimum absolute atomic E-state index is 0.114. The van der Waals surface area contributed by atoms with E-state index in [4.69, 9.17) is 0 Å². The summed E-state index contributed by atoms with van der Waals surface area (Å²) >= 11 is 0.464. The summed E-state index contributed by atoms with van der Waals surface area (Å²) in [5, 5.41) is 0. The van der Waals surface area contributed by atoms with Crippen LogP contribution in [0.1, 0.15) is 11.4 Å². The summed E-state index contributed by atoms with van der Waals surface area (Å²) in [6.07, 6.45) is 3.50. The molecule has 0 saturated carbocycles. The molecule has 0 fully saturated rings. The van der Waals surface area contributed by atoms with Crippen molar-refractivity contribution in [3.05, 3.63) is 27.6 Å². The number of carbonyl (C=O) groups excluding carboxylic acids is 1. The fraction of sp³-hybridized carbons (Fsp3) is 0.125. The van der Waals surface area contributed by atoms with Gasteiger partial charge in [0.2, 0.25) is 0 Å². The van der Waals surface area contributed by atoms with Crippen molar-refractivity contribution in [2.45, 2.75) is 6.92 Å². The molecular formula is C8H8OSe. The molecule has 0 bridgehead atoms. The van der Waals surface area contributed by atoms with Gasteiger partial charge in [0.1, 0.15) is 0 Å². The summed E-state index contributed by atoms with van der Waals surface area (Å²) in [6, 6.07) is 4.07. The van der Waals surface area contributed by atoms with Crippen LogP contribution in [-0.2, 0) is 4.79 Å². The summed E-state index contributed by atoms with van der Waals surface area (Å²) in [5.74, 6) is 0.114. The molecular weight excluding hydrogens is 191 g/mol. The quantitative estimate of drug-likeness (QED) is 0.519. The van der Waals surface area contributed by atoms with Gasteiger partial charge in [-0.3, -0.25) is 0 Å². The monoisotopic (exact) mass is 200 g/mol. The van der Waals surface area contributed by atoms with Crippen LogP contribution >= 0.6 is 0 Å². The molecule has 1 nitrogen and oxygen atoms in total. The number of carbonyl (C=O) groups is 1. The Bertz CT molecular complexity index is 234. The van der Waals surface area contributed by atoms with Crippen LogP contribution in [0, 0.1) is 0 Å². The van der Waals surface area contributed by atoms with Crippen LogP contribution in [0.5, 0.6) is 0 Å². The predicted molar refractivity (Wildman–Crippen MR) is 43.1 cm³/mol. The average molecular weight is 199 g/mol. The second-order valence-electron chi connectivity index (χ2n) is 1.96. The molecule has 0 N–H and O–H groups in total. The van der Waals surface area contributed by atoms with Crippen LogP contribution in [0.15, 0.2) is 23.1 Å². The summed E-state index contributed by atoms with van der Waals surface area (Å²) in [4.78, 5) is 12.6. The Morgan fingerprint density at radius 2 is 2.50 bits per heavy atom. The number of allylic oxidation sites excluding steroid dienone is 1. The van der Waals surface area contributed by atoms with Gasteiger partial charge in [-0.1, -0.05) is 0 Å². The Morgan fingerprint density at radius 1 is 1.70 bits per heavy atom. The van der Waals surface area contributed by atoms with Crippen LogP contribution in [0.4, 0.5) is 0 Å². The van der Waals surface area contributed by atoms with Gasteiger partial charge in [0.25, 0.3) is 0 Å². The molecule has 1 aromatic rings. The average Bonchev–Trinajstić information content (AvgIpc) is 2.34. The molecule has 0 aliphatic rings. The predicted octanol–water partition coefficient (Wildman–Crippen LogP) is 1.35. The standard InChI is InChI=1S/C8H8OSe/c1-7(9)4-5-8-3-2-6-10-8/h2-6H,1H3/b5-4+. The van der Waals surface area contributed by atoms with Crippen LogP contribution in [0.3, 0.4) is 0 Å². The molecule has 0 aromatic carbocycles. The zero-order valence-corrected chi connectivity index (χ0v) is 7.42. The van der Waals surface area contributed by atoms with E-state index in [1.807, 2.05) is 18.2 Å². The number of hydrogen-bond acceptors (Lipinski definition) is 1. The van der Waals surface area contributed by atoms with Crippen molar-refractivity contribution in [2.75, 3.05) is 0 Å². The first-order chi connectivity index (χ1) is 4.79. The number of hydrogen-bond donors (Lipinski definition) is 0. The fourth-order valence-corrected chi connectivity index (χ4v) is 1.88. The van der Waals surface area contributed by atoms with Gasteiger partial charge in [-0.15, -0.1) is 0 Å². The molecule has 0 radical (unpaired) electrons. The summed E-state index contributed by atoms with van der Waals surface area (Å²) in [7, 11) is 0. The van der Waals surface area contributed by atoms with Gasteiger partial charge in [-0.2, -0.15) is 0 Å². The number of ketones is 1. The minimum atomic E-state index is 0.114. The molecule has 52 valence electrons. The Morgan fingerprint density at radius 3 is 3.00 bits per heavy atom. The van der Waals surface area contributed by atoms with Gasteiger partial charge < -0.3 is 0 Å². The van der Waals surface area contributed by atoms with Gasteiger partial charge in [0.05, 0.1) is 0 Å². The first-order valence-electron chi connectivity index (χ1n) is 3.01. The maximum atomic E-state index is 10.5. The molecule has 1 aromatic heterocycles. The Balaban J connectivity index is 2.64. The topological polar surface area (TPSA) is 17.1 Å². The van der Waals surface area contributed by atoms with Gasteiger partial charge in [0, 0.05) is 0 Å². The van der Waals surface area contributed by atoms with Gasteiger partial charge in [-0.25, -0.2) is 0 Å². The molecule has 0 amide bonds. The first-order valence-corrected chi connectivity index (χ1v) is 4.86. The van der Waals surface area contributed by atoms with Gasteiger partial charge in [-0.05, 0) is 0 Å². The Hall–Kier alpha value is -0.591. The van der Waals surface area contributed by atoms with Crippen LogP contribution in [-0.4, -0.2) is 20.3 Å². The van der Waals surface area contributed by atoms with E-state index in [1.165, 1.54) is 4.44 Å². The zero-order valence-electron chi connectivity index (χ0n) is 5.70. The Labute approximate surface area is 66.1 Å². The summed E-state index contributed by atoms with van der Waals surface area (Å²) < 4.78 is 1.27. The molecule has 0 unspecified atom stereocenters. The fourth-order valence-electron chi connectivity index (χ4n) is 0.586. The summed E-state index contributed by atoms with van der Waals surface area (Å²) in [5.41, 5.74) is 0. The Kier molecular flexibility index (Phi) is 2.67. The molecule has 1 rings (SSSR count). The van der Waals surface area contributed by atoms with E-state index < -0.39 is 0 Å². The van der Waals surface area contributed by atoms with Crippen LogP contribution in [0.25, 0.3) is 6.08 Å². The van der Waals surface area contributed by atoms with E-state index >= 15 is 0 Å². The normalized spacial score (nSPS) is 10.5. The zero-order chi connectivity index (χ0) is 7.40. The first kappa shape index (κ1) is 7.52. The molecule has 10 heavy (non-hydrogen) atoms. The van der Waals surface area contributed by atoms with E-state index in [1.54, 1.807) is 13.0 Å². The SMILES string of the molecule is CC(=O)/C=C/c1ccc[se]1. The molecule has 0 aliphatic carbocycles. The van der Waals surface area contributed by atoms with E-state index in [0.29, 0.717) is 14.5 Å². The van der Waals surface area contributed by atoms with E-state index in [-0.39, 0.29) is 5.78 Å². The third-order valence-electron chi connectivity index (χ3n) is 1.03. The molecule has 0 atom stereocenters. The molecule has 0 spiro atoms. The van der Waals surface area contributed by atoms with Crippen molar-refractivity contribution in [3.8, 4) is 0 Å². The van der Waals surface area contributed by atoms with E-state index in [2.05, 4.69) is 4.94 Å².